The largest absolute Gasteiger partial charge is 0.497 e. The van der Waals surface area contributed by atoms with Crippen molar-refractivity contribution in [2.75, 3.05) is 7.11 Å². The van der Waals surface area contributed by atoms with Gasteiger partial charge in [0.1, 0.15) is 12.1 Å². The summed E-state index contributed by atoms with van der Waals surface area (Å²) in [4.78, 5) is 22.2. The first-order valence-electron chi connectivity index (χ1n) is 10.9. The molecular weight excluding hydrogens is 390 g/mol. The van der Waals surface area contributed by atoms with Gasteiger partial charge in [0.15, 0.2) is 11.5 Å². The Morgan fingerprint density at radius 3 is 2.77 bits per heavy atom. The molecule has 2 aromatic heterocycles. The molecule has 6 rings (SSSR count). The number of allylic oxidation sites excluding steroid dienone is 2. The number of fused-ring (bicyclic) bond motifs is 1. The molecule has 0 saturated heterocycles. The zero-order chi connectivity index (χ0) is 21.2. The Kier molecular flexibility index (Phi) is 3.97. The summed E-state index contributed by atoms with van der Waals surface area (Å²) in [7, 11) is 1.65. The number of carbonyl (C=O) groups is 1. The molecule has 7 nitrogen and oxygen atoms in total. The lowest BCUT2D eigenvalue weighted by Gasteiger charge is -2.21. The average molecular weight is 415 g/mol. The van der Waals surface area contributed by atoms with Crippen molar-refractivity contribution in [3.63, 3.8) is 0 Å². The standard InChI is InChI=1S/C24H25N5O2/c1-14(26-23(30)18-11-16-5-8-19(18)24(16)9-10-24)22-27-21-12-20(25-13-29(21)28-22)15-3-6-17(31-2)7-4-15/h3-8,12-14,16,18-19H,9-11H2,1-2H3,(H,26,30)/t14-,16?,18?,19?/m0/s1. The summed E-state index contributed by atoms with van der Waals surface area (Å²) in [5.41, 5.74) is 2.91. The third-order valence-corrected chi connectivity index (χ3v) is 7.44. The van der Waals surface area contributed by atoms with Crippen molar-refractivity contribution < 1.29 is 9.53 Å². The van der Waals surface area contributed by atoms with E-state index in [9.17, 15) is 4.79 Å². The van der Waals surface area contributed by atoms with Gasteiger partial charge in [0.25, 0.3) is 0 Å². The number of hydrogen-bond donors (Lipinski definition) is 1. The Bertz CT molecular complexity index is 1190. The predicted molar refractivity (Wildman–Crippen MR) is 115 cm³/mol. The smallest absolute Gasteiger partial charge is 0.224 e. The van der Waals surface area contributed by atoms with Gasteiger partial charge < -0.3 is 10.1 Å². The SMILES string of the molecule is COc1ccc(-c2cc3nc([C@H](C)NC(=O)C4CC5C=CC4C54CC4)nn3cn2)cc1. The Labute approximate surface area is 180 Å². The molecule has 3 aliphatic rings. The Morgan fingerprint density at radius 2 is 2.06 bits per heavy atom. The van der Waals surface area contributed by atoms with Gasteiger partial charge in [-0.25, -0.2) is 14.5 Å². The van der Waals surface area contributed by atoms with E-state index in [0.717, 1.165) is 23.4 Å². The second-order valence-electron chi connectivity index (χ2n) is 9.10. The van der Waals surface area contributed by atoms with E-state index < -0.39 is 0 Å². The molecule has 3 unspecified atom stereocenters. The fourth-order valence-electron chi connectivity index (χ4n) is 5.57. The molecule has 0 radical (unpaired) electrons. The number of rotatable bonds is 5. The second-order valence-corrected chi connectivity index (χ2v) is 9.10. The van der Waals surface area contributed by atoms with Gasteiger partial charge in [0.05, 0.1) is 18.8 Å². The highest BCUT2D eigenvalue weighted by Crippen LogP contribution is 2.70. The van der Waals surface area contributed by atoms with Crippen LogP contribution in [0.3, 0.4) is 0 Å². The van der Waals surface area contributed by atoms with Crippen LogP contribution >= 0.6 is 0 Å². The molecule has 2 heterocycles. The second kappa shape index (κ2) is 6.64. The lowest BCUT2D eigenvalue weighted by molar-refractivity contribution is -0.126. The molecule has 2 bridgehead atoms. The fraction of sp³-hybridized carbons (Fsp3) is 0.417. The van der Waals surface area contributed by atoms with Gasteiger partial charge in [-0.15, -0.1) is 5.10 Å². The summed E-state index contributed by atoms with van der Waals surface area (Å²) in [6, 6.07) is 9.40. The van der Waals surface area contributed by atoms with E-state index in [4.69, 9.17) is 4.74 Å². The molecule has 3 aromatic rings. The molecule has 7 heteroatoms. The van der Waals surface area contributed by atoms with Crippen LogP contribution in [0.1, 0.15) is 38.1 Å². The fourth-order valence-corrected chi connectivity index (χ4v) is 5.57. The molecule has 4 atom stereocenters. The first-order valence-corrected chi connectivity index (χ1v) is 10.9. The number of amides is 1. The number of ether oxygens (including phenoxy) is 1. The normalized spacial score (nSPS) is 25.8. The van der Waals surface area contributed by atoms with E-state index >= 15 is 0 Å². The Hall–Kier alpha value is -3.22. The number of carbonyl (C=O) groups excluding carboxylic acids is 1. The van der Waals surface area contributed by atoms with Gasteiger partial charge in [-0.3, -0.25) is 4.79 Å². The molecule has 31 heavy (non-hydrogen) atoms. The van der Waals surface area contributed by atoms with Crippen LogP contribution in [0.4, 0.5) is 0 Å². The molecule has 1 aromatic carbocycles. The summed E-state index contributed by atoms with van der Waals surface area (Å²) < 4.78 is 6.88. The monoisotopic (exact) mass is 415 g/mol. The van der Waals surface area contributed by atoms with Gasteiger partial charge >= 0.3 is 0 Å². The first-order chi connectivity index (χ1) is 15.1. The highest BCUT2D eigenvalue weighted by molar-refractivity contribution is 5.81. The van der Waals surface area contributed by atoms with E-state index in [1.54, 1.807) is 18.0 Å². The van der Waals surface area contributed by atoms with Gasteiger partial charge in [-0.05, 0) is 67.7 Å². The molecular formula is C24H25N5O2. The highest BCUT2D eigenvalue weighted by Gasteiger charge is 2.64. The van der Waals surface area contributed by atoms with Gasteiger partial charge in [0, 0.05) is 17.5 Å². The van der Waals surface area contributed by atoms with Crippen molar-refractivity contribution >= 4 is 11.6 Å². The molecule has 0 aliphatic heterocycles. The van der Waals surface area contributed by atoms with Crippen LogP contribution in [0.25, 0.3) is 16.9 Å². The van der Waals surface area contributed by atoms with E-state index in [1.165, 1.54) is 12.8 Å². The number of benzene rings is 1. The number of methoxy groups -OCH3 is 1. The maximum atomic E-state index is 13.0. The van der Waals surface area contributed by atoms with Crippen molar-refractivity contribution in [3.8, 4) is 17.0 Å². The first kappa shape index (κ1) is 18.5. The Balaban J connectivity index is 1.19. The lowest BCUT2D eigenvalue weighted by atomic mass is 9.88. The van der Waals surface area contributed by atoms with E-state index in [-0.39, 0.29) is 17.9 Å². The third kappa shape index (κ3) is 2.86. The maximum Gasteiger partial charge on any atom is 0.224 e. The van der Waals surface area contributed by atoms with Crippen LogP contribution in [-0.4, -0.2) is 32.6 Å². The zero-order valence-electron chi connectivity index (χ0n) is 17.7. The number of nitrogens with zero attached hydrogens (tertiary/aromatic N) is 4. The van der Waals surface area contributed by atoms with Gasteiger partial charge in [-0.1, -0.05) is 12.2 Å². The van der Waals surface area contributed by atoms with Crippen LogP contribution in [0.15, 0.2) is 48.8 Å². The molecule has 158 valence electrons. The third-order valence-electron chi connectivity index (χ3n) is 7.44. The van der Waals surface area contributed by atoms with E-state index in [0.29, 0.717) is 28.7 Å². The summed E-state index contributed by atoms with van der Waals surface area (Å²) in [6.07, 6.45) is 9.80. The van der Waals surface area contributed by atoms with E-state index in [1.807, 2.05) is 37.3 Å². The van der Waals surface area contributed by atoms with Crippen LogP contribution in [0.2, 0.25) is 0 Å². The van der Waals surface area contributed by atoms with Gasteiger partial charge in [0.2, 0.25) is 5.91 Å². The van der Waals surface area contributed by atoms with Crippen LogP contribution in [-0.2, 0) is 4.79 Å². The van der Waals surface area contributed by atoms with Crippen molar-refractivity contribution in [2.24, 2.45) is 23.2 Å². The summed E-state index contributed by atoms with van der Waals surface area (Å²) in [5.74, 6) is 2.63. The van der Waals surface area contributed by atoms with Crippen molar-refractivity contribution in [2.45, 2.75) is 32.2 Å². The lowest BCUT2D eigenvalue weighted by Crippen LogP contribution is -2.35. The molecule has 1 spiro atoms. The topological polar surface area (TPSA) is 81.4 Å². The zero-order valence-corrected chi connectivity index (χ0v) is 17.7. The molecule has 2 saturated carbocycles. The molecule has 3 aliphatic carbocycles. The van der Waals surface area contributed by atoms with Crippen molar-refractivity contribution in [3.05, 3.63) is 54.6 Å². The summed E-state index contributed by atoms with van der Waals surface area (Å²) in [6.45, 7) is 1.94. The number of nitrogens with one attached hydrogen (secondary N) is 1. The van der Waals surface area contributed by atoms with E-state index in [2.05, 4.69) is 32.5 Å². The van der Waals surface area contributed by atoms with Crippen molar-refractivity contribution in [1.29, 1.82) is 0 Å². The summed E-state index contributed by atoms with van der Waals surface area (Å²) >= 11 is 0. The average Bonchev–Trinajstić information content (AvgIpc) is 3.25. The molecule has 1 amide bonds. The summed E-state index contributed by atoms with van der Waals surface area (Å²) in [5, 5.41) is 7.70. The highest BCUT2D eigenvalue weighted by atomic mass is 16.5. The van der Waals surface area contributed by atoms with Crippen molar-refractivity contribution in [1.82, 2.24) is 24.9 Å². The molecule has 1 N–H and O–H groups in total. The minimum Gasteiger partial charge on any atom is -0.497 e. The van der Waals surface area contributed by atoms with Crippen LogP contribution < -0.4 is 10.1 Å². The number of hydrogen-bond acceptors (Lipinski definition) is 5. The quantitative estimate of drug-likeness (QED) is 0.644. The minimum atomic E-state index is -0.255. The van der Waals surface area contributed by atoms with Crippen LogP contribution in [0.5, 0.6) is 5.75 Å². The Morgan fingerprint density at radius 1 is 1.26 bits per heavy atom. The minimum absolute atomic E-state index is 0.0836. The predicted octanol–water partition coefficient (Wildman–Crippen LogP) is 3.58. The number of aromatic nitrogens is 4. The van der Waals surface area contributed by atoms with Crippen LogP contribution in [0, 0.1) is 23.2 Å². The van der Waals surface area contributed by atoms with Gasteiger partial charge in [-0.2, -0.15) is 0 Å². The molecule has 2 fully saturated rings. The maximum absolute atomic E-state index is 13.0.